The molecule has 138 valence electrons. The first-order chi connectivity index (χ1) is 12.0. The van der Waals surface area contributed by atoms with Crippen LogP contribution in [-0.4, -0.2) is 24.9 Å². The zero-order chi connectivity index (χ0) is 18.3. The molecule has 0 heterocycles. The summed E-state index contributed by atoms with van der Waals surface area (Å²) < 4.78 is 0. The van der Waals surface area contributed by atoms with E-state index in [0.717, 1.165) is 19.3 Å². The van der Waals surface area contributed by atoms with Crippen LogP contribution in [0.3, 0.4) is 0 Å². The maximum absolute atomic E-state index is 12.2. The molecule has 1 saturated carbocycles. The Bertz CT molecular complexity index is 591. The summed E-state index contributed by atoms with van der Waals surface area (Å²) in [6, 6.07) is 8.52. The molecule has 0 spiro atoms. The van der Waals surface area contributed by atoms with Crippen molar-refractivity contribution in [3.63, 3.8) is 0 Å². The van der Waals surface area contributed by atoms with Crippen LogP contribution < -0.4 is 10.6 Å². The first-order valence-corrected chi connectivity index (χ1v) is 9.59. The normalized spacial score (nSPS) is 17.6. The number of carbonyl (C=O) groups excluding carboxylic acids is 2. The Balaban J connectivity index is 1.98. The summed E-state index contributed by atoms with van der Waals surface area (Å²) in [5, 5.41) is 5.81. The first kappa shape index (κ1) is 19.5. The number of amides is 2. The van der Waals surface area contributed by atoms with Crippen LogP contribution >= 0.6 is 0 Å². The molecule has 2 N–H and O–H groups in total. The van der Waals surface area contributed by atoms with E-state index in [0.29, 0.717) is 6.54 Å². The molecule has 1 fully saturated rings. The third-order valence-electron chi connectivity index (χ3n) is 5.63. The van der Waals surface area contributed by atoms with Crippen molar-refractivity contribution in [3.05, 3.63) is 35.4 Å². The van der Waals surface area contributed by atoms with E-state index in [9.17, 15) is 9.59 Å². The second-order valence-corrected chi connectivity index (χ2v) is 7.46. The fourth-order valence-electron chi connectivity index (χ4n) is 3.80. The Morgan fingerprint density at radius 3 is 2.44 bits per heavy atom. The lowest BCUT2D eigenvalue weighted by molar-refractivity contribution is -0.128. The highest BCUT2D eigenvalue weighted by atomic mass is 16.2. The summed E-state index contributed by atoms with van der Waals surface area (Å²) in [7, 11) is 0. The average Bonchev–Trinajstić information content (AvgIpc) is 2.64. The van der Waals surface area contributed by atoms with Crippen molar-refractivity contribution in [2.45, 2.75) is 64.7 Å². The van der Waals surface area contributed by atoms with Gasteiger partial charge in [0.05, 0.1) is 6.54 Å². The molecule has 2 amide bonds. The molecule has 0 saturated heterocycles. The lowest BCUT2D eigenvalue weighted by Crippen LogP contribution is -2.46. The number of benzene rings is 1. The number of aryl methyl sites for hydroxylation is 1. The van der Waals surface area contributed by atoms with Crippen molar-refractivity contribution < 1.29 is 9.59 Å². The third-order valence-corrected chi connectivity index (χ3v) is 5.63. The summed E-state index contributed by atoms with van der Waals surface area (Å²) >= 11 is 0. The summed E-state index contributed by atoms with van der Waals surface area (Å²) in [6.45, 7) is 6.71. The molecule has 1 unspecified atom stereocenters. The van der Waals surface area contributed by atoms with E-state index in [1.165, 1.54) is 30.4 Å². The first-order valence-electron chi connectivity index (χ1n) is 9.59. The van der Waals surface area contributed by atoms with Gasteiger partial charge < -0.3 is 10.6 Å². The lowest BCUT2D eigenvalue weighted by Gasteiger charge is -2.39. The van der Waals surface area contributed by atoms with Crippen molar-refractivity contribution in [3.8, 4) is 0 Å². The largest absolute Gasteiger partial charge is 0.354 e. The van der Waals surface area contributed by atoms with Gasteiger partial charge in [-0.15, -0.1) is 0 Å². The smallest absolute Gasteiger partial charge is 0.239 e. The van der Waals surface area contributed by atoms with Gasteiger partial charge in [-0.2, -0.15) is 0 Å². The van der Waals surface area contributed by atoms with Crippen molar-refractivity contribution in [1.82, 2.24) is 10.6 Å². The van der Waals surface area contributed by atoms with E-state index in [2.05, 4.69) is 41.8 Å². The molecule has 2 rings (SSSR count). The number of rotatable bonds is 7. The Kier molecular flexibility index (Phi) is 7.03. The molecular weight excluding hydrogens is 312 g/mol. The molecule has 1 atom stereocenters. The molecule has 4 nitrogen and oxygen atoms in total. The molecule has 0 aliphatic heterocycles. The van der Waals surface area contributed by atoms with Gasteiger partial charge in [-0.25, -0.2) is 0 Å². The minimum Gasteiger partial charge on any atom is -0.354 e. The van der Waals surface area contributed by atoms with Crippen LogP contribution in [0.5, 0.6) is 0 Å². The van der Waals surface area contributed by atoms with Crippen molar-refractivity contribution in [1.29, 1.82) is 0 Å². The minimum absolute atomic E-state index is 0.0278. The van der Waals surface area contributed by atoms with Gasteiger partial charge in [-0.05, 0) is 37.3 Å². The number of nitrogens with one attached hydrogen (secondary N) is 2. The van der Waals surface area contributed by atoms with Crippen LogP contribution in [0.15, 0.2) is 24.3 Å². The van der Waals surface area contributed by atoms with Crippen molar-refractivity contribution in [2.75, 3.05) is 13.1 Å². The minimum atomic E-state index is -0.102. The number of hydrogen-bond acceptors (Lipinski definition) is 2. The van der Waals surface area contributed by atoms with Gasteiger partial charge in [0.2, 0.25) is 11.8 Å². The van der Waals surface area contributed by atoms with Crippen LogP contribution in [0, 0.1) is 12.8 Å². The van der Waals surface area contributed by atoms with Gasteiger partial charge in [0.15, 0.2) is 0 Å². The van der Waals surface area contributed by atoms with Crippen molar-refractivity contribution >= 4 is 11.8 Å². The topological polar surface area (TPSA) is 58.2 Å². The number of hydrogen-bond donors (Lipinski definition) is 2. The Morgan fingerprint density at radius 2 is 1.80 bits per heavy atom. The monoisotopic (exact) mass is 344 g/mol. The van der Waals surface area contributed by atoms with Gasteiger partial charge in [0, 0.05) is 17.9 Å². The fourth-order valence-corrected chi connectivity index (χ4v) is 3.80. The summed E-state index contributed by atoms with van der Waals surface area (Å²) in [6.07, 6.45) is 6.68. The maximum atomic E-state index is 12.2. The van der Waals surface area contributed by atoms with E-state index in [1.54, 1.807) is 0 Å². The standard InChI is InChI=1S/C21H32N2O2/c1-4-16(2)20(25)22-14-19(24)23-15-21(12-8-5-9-13-21)18-11-7-6-10-17(18)3/h6-7,10-11,16H,4-5,8-9,12-15H2,1-3H3,(H,22,25)(H,23,24). The predicted molar refractivity (Wildman–Crippen MR) is 101 cm³/mol. The molecule has 1 aliphatic rings. The summed E-state index contributed by atoms with van der Waals surface area (Å²) in [5.41, 5.74) is 2.68. The average molecular weight is 344 g/mol. The second-order valence-electron chi connectivity index (χ2n) is 7.46. The Labute approximate surface area is 151 Å². The van der Waals surface area contributed by atoms with Gasteiger partial charge >= 0.3 is 0 Å². The molecule has 0 aromatic heterocycles. The van der Waals surface area contributed by atoms with Crippen LogP contribution in [0.1, 0.15) is 63.5 Å². The van der Waals surface area contributed by atoms with E-state index in [-0.39, 0.29) is 29.7 Å². The lowest BCUT2D eigenvalue weighted by atomic mass is 9.68. The Morgan fingerprint density at radius 1 is 1.12 bits per heavy atom. The molecule has 1 aromatic rings. The highest BCUT2D eigenvalue weighted by Crippen LogP contribution is 2.40. The van der Waals surface area contributed by atoms with Gasteiger partial charge in [0.1, 0.15) is 0 Å². The van der Waals surface area contributed by atoms with E-state index in [4.69, 9.17) is 0 Å². The Hall–Kier alpha value is -1.84. The maximum Gasteiger partial charge on any atom is 0.239 e. The van der Waals surface area contributed by atoms with Crippen molar-refractivity contribution in [2.24, 2.45) is 5.92 Å². The molecule has 0 bridgehead atoms. The molecule has 1 aliphatic carbocycles. The molecule has 25 heavy (non-hydrogen) atoms. The van der Waals surface area contributed by atoms with Gasteiger partial charge in [0.25, 0.3) is 0 Å². The third kappa shape index (κ3) is 5.07. The van der Waals surface area contributed by atoms with Crippen LogP contribution in [0.4, 0.5) is 0 Å². The molecule has 0 radical (unpaired) electrons. The number of carbonyl (C=O) groups is 2. The SMILES string of the molecule is CCC(C)C(=O)NCC(=O)NCC1(c2ccccc2C)CCCCC1. The highest BCUT2D eigenvalue weighted by molar-refractivity contribution is 5.85. The molecule has 1 aromatic carbocycles. The molecule has 4 heteroatoms. The van der Waals surface area contributed by atoms with E-state index < -0.39 is 0 Å². The summed E-state index contributed by atoms with van der Waals surface area (Å²) in [4.78, 5) is 24.1. The van der Waals surface area contributed by atoms with E-state index in [1.807, 2.05) is 13.8 Å². The van der Waals surface area contributed by atoms with Crippen LogP contribution in [0.2, 0.25) is 0 Å². The molecular formula is C21H32N2O2. The quantitative estimate of drug-likeness (QED) is 0.796. The van der Waals surface area contributed by atoms with Gasteiger partial charge in [-0.3, -0.25) is 9.59 Å². The van der Waals surface area contributed by atoms with Crippen LogP contribution in [-0.2, 0) is 15.0 Å². The second kappa shape index (κ2) is 9.02. The summed E-state index contributed by atoms with van der Waals surface area (Å²) in [5.74, 6) is -0.205. The zero-order valence-corrected chi connectivity index (χ0v) is 15.9. The fraction of sp³-hybridized carbons (Fsp3) is 0.619. The van der Waals surface area contributed by atoms with E-state index >= 15 is 0 Å². The van der Waals surface area contributed by atoms with Crippen LogP contribution in [0.25, 0.3) is 0 Å². The predicted octanol–water partition coefficient (Wildman–Crippen LogP) is 3.48. The van der Waals surface area contributed by atoms with Gasteiger partial charge in [-0.1, -0.05) is 57.4 Å². The zero-order valence-electron chi connectivity index (χ0n) is 15.9. The highest BCUT2D eigenvalue weighted by Gasteiger charge is 2.35.